The molecule has 3 rings (SSSR count). The lowest BCUT2D eigenvalue weighted by molar-refractivity contribution is -0.129. The number of imidazole rings is 1. The summed E-state index contributed by atoms with van der Waals surface area (Å²) in [7, 11) is 3.48. The number of aryl methyl sites for hydroxylation is 1. The second-order valence-corrected chi connectivity index (χ2v) is 6.05. The number of fused-ring (bicyclic) bond motifs is 1. The molecule has 0 atom stereocenters. The molecule has 23 heavy (non-hydrogen) atoms. The van der Waals surface area contributed by atoms with Crippen molar-refractivity contribution in [3.63, 3.8) is 0 Å². The summed E-state index contributed by atoms with van der Waals surface area (Å²) in [5.74, 6) is 0.713. The Balaban J connectivity index is 2.18. The van der Waals surface area contributed by atoms with Crippen LogP contribution in [0.25, 0.3) is 22.6 Å². The molecule has 0 spiro atoms. The first-order chi connectivity index (χ1) is 11.0. The molecule has 1 aromatic carbocycles. The normalized spacial score (nSPS) is 11.0. The molecule has 1 amide bonds. The maximum Gasteiger partial charge on any atom is 0.242 e. The molecule has 0 bridgehead atoms. The van der Waals surface area contributed by atoms with Gasteiger partial charge in [-0.15, -0.1) is 0 Å². The number of amides is 1. The summed E-state index contributed by atoms with van der Waals surface area (Å²) in [5.41, 5.74) is 3.28. The third kappa shape index (κ3) is 3.05. The first kappa shape index (κ1) is 15.5. The number of halogens is 1. The first-order valence-electron chi connectivity index (χ1n) is 7.25. The summed E-state index contributed by atoms with van der Waals surface area (Å²) in [6.07, 6.45) is 0. The second kappa shape index (κ2) is 6.01. The van der Waals surface area contributed by atoms with E-state index in [1.807, 2.05) is 47.9 Å². The van der Waals surface area contributed by atoms with Gasteiger partial charge in [0.25, 0.3) is 0 Å². The quantitative estimate of drug-likeness (QED) is 0.742. The fraction of sp³-hybridized carbons (Fsp3) is 0.235. The molecule has 0 unspecified atom stereocenters. The van der Waals surface area contributed by atoms with Crippen LogP contribution in [-0.2, 0) is 11.3 Å². The lowest BCUT2D eigenvalue weighted by Gasteiger charge is -2.13. The van der Waals surface area contributed by atoms with Crippen molar-refractivity contribution in [2.24, 2.45) is 0 Å². The fourth-order valence-electron chi connectivity index (χ4n) is 2.36. The molecule has 0 N–H and O–H groups in total. The van der Waals surface area contributed by atoms with E-state index >= 15 is 0 Å². The highest BCUT2D eigenvalue weighted by Gasteiger charge is 2.17. The van der Waals surface area contributed by atoms with Gasteiger partial charge in [-0.25, -0.2) is 9.97 Å². The predicted molar refractivity (Wildman–Crippen MR) is 91.4 cm³/mol. The van der Waals surface area contributed by atoms with Gasteiger partial charge in [-0.1, -0.05) is 11.6 Å². The zero-order chi connectivity index (χ0) is 16.6. The molecule has 0 saturated heterocycles. The molecule has 0 fully saturated rings. The van der Waals surface area contributed by atoms with E-state index in [0.29, 0.717) is 16.5 Å². The van der Waals surface area contributed by atoms with Crippen LogP contribution in [0.5, 0.6) is 0 Å². The van der Waals surface area contributed by atoms with Crippen LogP contribution in [0.4, 0.5) is 0 Å². The van der Waals surface area contributed by atoms with Crippen molar-refractivity contribution < 1.29 is 4.79 Å². The van der Waals surface area contributed by atoms with Crippen LogP contribution in [0, 0.1) is 6.92 Å². The molecule has 0 aliphatic rings. The molecule has 0 radical (unpaired) electrons. The standard InChI is InChI=1S/C17H17ClN4O/c1-11-4-9-14-16(19-11)20-17(12-5-7-13(18)8-6-12)22(14)10-15(23)21(2)3/h4-9H,10H2,1-3H3. The molecule has 5 nitrogen and oxygen atoms in total. The zero-order valence-electron chi connectivity index (χ0n) is 13.2. The van der Waals surface area contributed by atoms with Gasteiger partial charge in [0.1, 0.15) is 12.4 Å². The highest BCUT2D eigenvalue weighted by molar-refractivity contribution is 6.30. The monoisotopic (exact) mass is 328 g/mol. The Hall–Kier alpha value is -2.40. The summed E-state index contributed by atoms with van der Waals surface area (Å²) >= 11 is 5.96. The van der Waals surface area contributed by atoms with E-state index in [1.54, 1.807) is 19.0 Å². The van der Waals surface area contributed by atoms with E-state index < -0.39 is 0 Å². The molecule has 2 aromatic heterocycles. The minimum atomic E-state index is 0.0000820. The Labute approximate surface area is 139 Å². The summed E-state index contributed by atoms with van der Waals surface area (Å²) in [6, 6.07) is 11.3. The van der Waals surface area contributed by atoms with E-state index in [2.05, 4.69) is 9.97 Å². The largest absolute Gasteiger partial charge is 0.347 e. The van der Waals surface area contributed by atoms with Crippen molar-refractivity contribution in [3.8, 4) is 11.4 Å². The molecule has 6 heteroatoms. The minimum Gasteiger partial charge on any atom is -0.347 e. The predicted octanol–water partition coefficient (Wildman–Crippen LogP) is 3.15. The summed E-state index contributed by atoms with van der Waals surface area (Å²) in [4.78, 5) is 22.9. The van der Waals surface area contributed by atoms with Crippen molar-refractivity contribution in [2.45, 2.75) is 13.5 Å². The molecule has 3 aromatic rings. The van der Waals surface area contributed by atoms with E-state index in [1.165, 1.54) is 0 Å². The van der Waals surface area contributed by atoms with E-state index in [9.17, 15) is 4.79 Å². The van der Waals surface area contributed by atoms with Crippen LogP contribution in [0.3, 0.4) is 0 Å². The van der Waals surface area contributed by atoms with Gasteiger partial charge in [0, 0.05) is 30.4 Å². The minimum absolute atomic E-state index is 0.0000820. The Kier molecular flexibility index (Phi) is 4.05. The van der Waals surface area contributed by atoms with Crippen LogP contribution in [-0.4, -0.2) is 39.4 Å². The van der Waals surface area contributed by atoms with E-state index in [0.717, 1.165) is 16.8 Å². The van der Waals surface area contributed by atoms with Crippen molar-refractivity contribution >= 4 is 28.7 Å². The Morgan fingerprint density at radius 3 is 2.48 bits per heavy atom. The van der Waals surface area contributed by atoms with Crippen molar-refractivity contribution in [1.29, 1.82) is 0 Å². The molecular weight excluding hydrogens is 312 g/mol. The van der Waals surface area contributed by atoms with Crippen LogP contribution in [0.1, 0.15) is 5.69 Å². The maximum atomic E-state index is 12.2. The Morgan fingerprint density at radius 1 is 1.13 bits per heavy atom. The number of pyridine rings is 1. The van der Waals surface area contributed by atoms with Crippen molar-refractivity contribution in [3.05, 3.63) is 47.1 Å². The lowest BCUT2D eigenvalue weighted by Crippen LogP contribution is -2.26. The van der Waals surface area contributed by atoms with E-state index in [4.69, 9.17) is 11.6 Å². The number of likely N-dealkylation sites (N-methyl/N-ethyl adjacent to an activating group) is 1. The molecule has 2 heterocycles. The topological polar surface area (TPSA) is 51.0 Å². The molecule has 118 valence electrons. The summed E-state index contributed by atoms with van der Waals surface area (Å²) in [5, 5.41) is 0.662. The second-order valence-electron chi connectivity index (χ2n) is 5.61. The third-order valence-corrected chi connectivity index (χ3v) is 3.90. The molecular formula is C17H17ClN4O. The number of aromatic nitrogens is 3. The number of hydrogen-bond donors (Lipinski definition) is 0. The van der Waals surface area contributed by atoms with E-state index in [-0.39, 0.29) is 12.5 Å². The summed E-state index contributed by atoms with van der Waals surface area (Å²) < 4.78 is 1.90. The number of benzene rings is 1. The highest BCUT2D eigenvalue weighted by atomic mass is 35.5. The van der Waals surface area contributed by atoms with Crippen molar-refractivity contribution in [1.82, 2.24) is 19.4 Å². The van der Waals surface area contributed by atoms with Crippen LogP contribution in [0.2, 0.25) is 5.02 Å². The number of rotatable bonds is 3. The van der Waals surface area contributed by atoms with Gasteiger partial charge in [-0.3, -0.25) is 4.79 Å². The third-order valence-electron chi connectivity index (χ3n) is 3.65. The van der Waals surface area contributed by atoms with Gasteiger partial charge in [-0.05, 0) is 43.3 Å². The lowest BCUT2D eigenvalue weighted by atomic mass is 10.2. The molecule has 0 aliphatic carbocycles. The van der Waals surface area contributed by atoms with Crippen LogP contribution in [0.15, 0.2) is 36.4 Å². The maximum absolute atomic E-state index is 12.2. The van der Waals surface area contributed by atoms with Gasteiger partial charge in [0.2, 0.25) is 5.91 Å². The fourth-order valence-corrected chi connectivity index (χ4v) is 2.49. The SMILES string of the molecule is Cc1ccc2c(n1)nc(-c1ccc(Cl)cc1)n2CC(=O)N(C)C. The van der Waals surface area contributed by atoms with Crippen LogP contribution >= 0.6 is 11.6 Å². The van der Waals surface area contributed by atoms with Gasteiger partial charge in [0.15, 0.2) is 5.65 Å². The van der Waals surface area contributed by atoms with Gasteiger partial charge < -0.3 is 9.47 Å². The van der Waals surface area contributed by atoms with Crippen LogP contribution < -0.4 is 0 Å². The Morgan fingerprint density at radius 2 is 1.83 bits per heavy atom. The van der Waals surface area contributed by atoms with Crippen molar-refractivity contribution in [2.75, 3.05) is 14.1 Å². The highest BCUT2D eigenvalue weighted by Crippen LogP contribution is 2.25. The molecule has 0 saturated carbocycles. The average Bonchev–Trinajstić information content (AvgIpc) is 2.85. The number of hydrogen-bond acceptors (Lipinski definition) is 3. The average molecular weight is 329 g/mol. The van der Waals surface area contributed by atoms with Gasteiger partial charge in [-0.2, -0.15) is 0 Å². The number of carbonyl (C=O) groups is 1. The number of carbonyl (C=O) groups excluding carboxylic acids is 1. The van der Waals surface area contributed by atoms with Gasteiger partial charge in [0.05, 0.1) is 5.52 Å². The number of nitrogens with zero attached hydrogens (tertiary/aromatic N) is 4. The Bertz CT molecular complexity index is 868. The summed E-state index contributed by atoms with van der Waals surface area (Å²) in [6.45, 7) is 2.14. The smallest absolute Gasteiger partial charge is 0.242 e. The van der Waals surface area contributed by atoms with Gasteiger partial charge >= 0.3 is 0 Å². The molecule has 0 aliphatic heterocycles. The first-order valence-corrected chi connectivity index (χ1v) is 7.63. The zero-order valence-corrected chi connectivity index (χ0v) is 14.0.